The Hall–Kier alpha value is -0.0000000000000000555. The summed E-state index contributed by atoms with van der Waals surface area (Å²) in [5, 5.41) is 8.18. The van der Waals surface area contributed by atoms with Gasteiger partial charge in [0.25, 0.3) is 0 Å². The third-order valence-corrected chi connectivity index (χ3v) is 1.23. The van der Waals surface area contributed by atoms with E-state index in [-0.39, 0.29) is 0 Å². The van der Waals surface area contributed by atoms with E-state index in [1.807, 2.05) is 0 Å². The Labute approximate surface area is 56.7 Å². The molecule has 0 aromatic carbocycles. The summed E-state index contributed by atoms with van der Waals surface area (Å²) >= 11 is 0. The van der Waals surface area contributed by atoms with Crippen LogP contribution in [0.1, 0.15) is 0 Å². The molecular weight excluding hydrogens is 166 g/mol. The number of aliphatic hydroxyl groups excluding tert-OH is 1. The first-order chi connectivity index (χ1) is 4.49. The Morgan fingerprint density at radius 1 is 1.60 bits per heavy atom. The summed E-state index contributed by atoms with van der Waals surface area (Å²) in [5.74, 6) is 0. The van der Waals surface area contributed by atoms with Gasteiger partial charge in [0.15, 0.2) is 0 Å². The fourth-order valence-electron chi connectivity index (χ4n) is 0.304. The smallest absolute Gasteiger partial charge is 0.394 e. The molecule has 10 heavy (non-hydrogen) atoms. The fourth-order valence-corrected chi connectivity index (χ4v) is 0.816. The van der Waals surface area contributed by atoms with Crippen LogP contribution in [0.4, 0.5) is 4.39 Å². The molecule has 5 nitrogen and oxygen atoms in total. The molecule has 0 amide bonds. The number of rotatable bonds is 4. The van der Waals surface area contributed by atoms with Gasteiger partial charge in [0, 0.05) is 0 Å². The number of hydrogen-bond donors (Lipinski definition) is 3. The maximum atomic E-state index is 11.6. The van der Waals surface area contributed by atoms with Gasteiger partial charge in [-0.25, -0.2) is 8.96 Å². The molecule has 0 rings (SSSR count). The van der Waals surface area contributed by atoms with Crippen LogP contribution in [0.3, 0.4) is 0 Å². The van der Waals surface area contributed by atoms with Crippen LogP contribution in [0.2, 0.25) is 0 Å². The zero-order valence-corrected chi connectivity index (χ0v) is 5.87. The summed E-state index contributed by atoms with van der Waals surface area (Å²) in [7, 11) is -4.65. The maximum absolute atomic E-state index is 11.6. The maximum Gasteiger partial charge on any atom is 0.470 e. The van der Waals surface area contributed by atoms with Gasteiger partial charge in [-0.05, 0) is 0 Å². The van der Waals surface area contributed by atoms with Crippen molar-refractivity contribution in [3.8, 4) is 0 Å². The van der Waals surface area contributed by atoms with Crippen LogP contribution in [0.15, 0.2) is 0 Å². The zero-order chi connectivity index (χ0) is 8.20. The molecule has 0 unspecified atom stereocenters. The number of phosphoric acid groups is 1. The molecule has 0 saturated carbocycles. The van der Waals surface area contributed by atoms with Crippen LogP contribution in [-0.2, 0) is 9.09 Å². The standard InChI is InChI=1S/C3H8FO5P/c4-1-3(2-5)9-10(6,7)8/h3,5H,1-2H2,(H2,6,7,8)/t3-/m0/s1. The van der Waals surface area contributed by atoms with Crippen molar-refractivity contribution in [3.63, 3.8) is 0 Å². The van der Waals surface area contributed by atoms with Gasteiger partial charge in [-0.3, -0.25) is 4.52 Å². The Kier molecular flexibility index (Phi) is 4.00. The molecule has 1 atom stereocenters. The second kappa shape index (κ2) is 4.00. The van der Waals surface area contributed by atoms with Crippen molar-refractivity contribution in [1.29, 1.82) is 0 Å². The van der Waals surface area contributed by atoms with E-state index in [0.717, 1.165) is 0 Å². The number of aliphatic hydroxyl groups is 1. The summed E-state index contributed by atoms with van der Waals surface area (Å²) in [6, 6.07) is 0. The normalized spacial score (nSPS) is 15.2. The van der Waals surface area contributed by atoms with E-state index in [0.29, 0.717) is 0 Å². The summed E-state index contributed by atoms with van der Waals surface area (Å²) < 4.78 is 25.3. The minimum Gasteiger partial charge on any atom is -0.394 e. The lowest BCUT2D eigenvalue weighted by Crippen LogP contribution is -2.18. The molecule has 0 saturated heterocycles. The van der Waals surface area contributed by atoms with Crippen molar-refractivity contribution in [1.82, 2.24) is 0 Å². The van der Waals surface area contributed by atoms with Gasteiger partial charge in [-0.1, -0.05) is 0 Å². The van der Waals surface area contributed by atoms with E-state index in [1.165, 1.54) is 0 Å². The molecular formula is C3H8FO5P. The monoisotopic (exact) mass is 174 g/mol. The predicted molar refractivity (Wildman–Crippen MR) is 30.0 cm³/mol. The average Bonchev–Trinajstić information content (AvgIpc) is 1.81. The Bertz CT molecular complexity index is 129. The van der Waals surface area contributed by atoms with Crippen molar-refractivity contribution in [2.45, 2.75) is 6.10 Å². The van der Waals surface area contributed by atoms with Crippen LogP contribution in [0, 0.1) is 0 Å². The quantitative estimate of drug-likeness (QED) is 0.496. The molecule has 0 aromatic rings. The third kappa shape index (κ3) is 4.84. The predicted octanol–water partition coefficient (Wildman–Crippen LogP) is -0.574. The Balaban J connectivity index is 3.75. The minimum absolute atomic E-state index is 0.748. The highest BCUT2D eigenvalue weighted by molar-refractivity contribution is 7.46. The molecule has 0 heterocycles. The molecule has 3 N–H and O–H groups in total. The first-order valence-corrected chi connectivity index (χ1v) is 3.93. The van der Waals surface area contributed by atoms with Gasteiger partial charge in [0.05, 0.1) is 6.61 Å². The second-order valence-corrected chi connectivity index (χ2v) is 2.75. The van der Waals surface area contributed by atoms with Gasteiger partial charge in [-0.15, -0.1) is 0 Å². The van der Waals surface area contributed by atoms with Gasteiger partial charge in [-0.2, -0.15) is 0 Å². The van der Waals surface area contributed by atoms with E-state index in [1.54, 1.807) is 0 Å². The molecule has 0 bridgehead atoms. The highest BCUT2D eigenvalue weighted by atomic mass is 31.2. The zero-order valence-electron chi connectivity index (χ0n) is 4.97. The van der Waals surface area contributed by atoms with E-state index >= 15 is 0 Å². The fraction of sp³-hybridized carbons (Fsp3) is 1.00. The highest BCUT2D eigenvalue weighted by Gasteiger charge is 2.21. The van der Waals surface area contributed by atoms with E-state index < -0.39 is 27.2 Å². The summed E-state index contributed by atoms with van der Waals surface area (Å²) in [6.45, 7) is -1.87. The van der Waals surface area contributed by atoms with E-state index in [9.17, 15) is 8.96 Å². The van der Waals surface area contributed by atoms with Gasteiger partial charge in [0.2, 0.25) is 0 Å². The number of phosphoric ester groups is 1. The Morgan fingerprint density at radius 3 is 2.20 bits per heavy atom. The highest BCUT2D eigenvalue weighted by Crippen LogP contribution is 2.37. The van der Waals surface area contributed by atoms with Crippen molar-refractivity contribution in [2.24, 2.45) is 0 Å². The van der Waals surface area contributed by atoms with Crippen molar-refractivity contribution in [2.75, 3.05) is 13.3 Å². The van der Waals surface area contributed by atoms with Crippen molar-refractivity contribution < 1.29 is 28.4 Å². The van der Waals surface area contributed by atoms with Gasteiger partial charge < -0.3 is 14.9 Å². The lowest BCUT2D eigenvalue weighted by molar-refractivity contribution is 0.0630. The van der Waals surface area contributed by atoms with Gasteiger partial charge in [0.1, 0.15) is 12.8 Å². The summed E-state index contributed by atoms with van der Waals surface area (Å²) in [6.07, 6.45) is -1.43. The lowest BCUT2D eigenvalue weighted by Gasteiger charge is -2.10. The lowest BCUT2D eigenvalue weighted by atomic mass is 10.4. The molecule has 0 fully saturated rings. The molecule has 0 aliphatic heterocycles. The molecule has 7 heteroatoms. The van der Waals surface area contributed by atoms with Crippen LogP contribution in [0.25, 0.3) is 0 Å². The van der Waals surface area contributed by atoms with Crippen LogP contribution in [-0.4, -0.2) is 34.3 Å². The molecule has 0 aliphatic carbocycles. The molecule has 0 aliphatic rings. The van der Waals surface area contributed by atoms with Gasteiger partial charge >= 0.3 is 7.82 Å². The molecule has 0 radical (unpaired) electrons. The molecule has 0 aromatic heterocycles. The van der Waals surface area contributed by atoms with E-state index in [4.69, 9.17) is 14.9 Å². The second-order valence-electron chi connectivity index (χ2n) is 1.55. The molecule has 62 valence electrons. The third-order valence-electron chi connectivity index (χ3n) is 0.662. The summed E-state index contributed by atoms with van der Waals surface area (Å²) in [4.78, 5) is 16.1. The van der Waals surface area contributed by atoms with Crippen LogP contribution < -0.4 is 0 Å². The first-order valence-electron chi connectivity index (χ1n) is 2.40. The largest absolute Gasteiger partial charge is 0.470 e. The topological polar surface area (TPSA) is 87.0 Å². The first kappa shape index (κ1) is 10.0. The van der Waals surface area contributed by atoms with Crippen molar-refractivity contribution >= 4 is 7.82 Å². The van der Waals surface area contributed by atoms with Crippen LogP contribution >= 0.6 is 7.82 Å². The average molecular weight is 174 g/mol. The number of hydrogen-bond acceptors (Lipinski definition) is 3. The summed E-state index contributed by atoms with van der Waals surface area (Å²) in [5.41, 5.74) is 0. The number of halogens is 1. The SMILES string of the molecule is O=P(O)(O)O[C@H](CO)CF. The number of alkyl halides is 1. The van der Waals surface area contributed by atoms with Crippen LogP contribution in [0.5, 0.6) is 0 Å². The molecule has 0 spiro atoms. The van der Waals surface area contributed by atoms with Crippen molar-refractivity contribution in [3.05, 3.63) is 0 Å². The minimum atomic E-state index is -4.65. The van der Waals surface area contributed by atoms with E-state index in [2.05, 4.69) is 4.52 Å². The Morgan fingerprint density at radius 2 is 2.10 bits per heavy atom.